The number of hydrazone groups is 1. The van der Waals surface area contributed by atoms with Crippen LogP contribution in [-0.4, -0.2) is 45.8 Å². The third-order valence-corrected chi connectivity index (χ3v) is 6.26. The largest absolute Gasteiger partial charge is 0.292 e. The van der Waals surface area contributed by atoms with E-state index in [0.717, 1.165) is 4.90 Å². The van der Waals surface area contributed by atoms with Crippen LogP contribution in [0.25, 0.3) is 0 Å². The number of non-ortho nitro benzene ring substituents is 1. The number of carbonyl (C=O) groups excluding carboxylic acids is 3. The minimum atomic E-state index is -0.950. The molecular formula is C23H18N4O5. The molecule has 2 fully saturated rings. The third kappa shape index (κ3) is 2.78. The van der Waals surface area contributed by atoms with E-state index in [9.17, 15) is 24.5 Å². The molecule has 0 saturated carbocycles. The number of nitrogens with zero attached hydrogens (tertiary/aromatic N) is 4. The molecule has 0 spiro atoms. The van der Waals surface area contributed by atoms with Gasteiger partial charge in [0.15, 0.2) is 5.78 Å². The van der Waals surface area contributed by atoms with E-state index in [4.69, 9.17) is 0 Å². The molecule has 0 aromatic heterocycles. The van der Waals surface area contributed by atoms with Crippen LogP contribution in [0.3, 0.4) is 0 Å². The Balaban J connectivity index is 1.60. The normalized spacial score (nSPS) is 25.8. The maximum absolute atomic E-state index is 13.6. The number of fused-ring (bicyclic) bond motifs is 3. The number of rotatable bonds is 4. The van der Waals surface area contributed by atoms with Crippen LogP contribution in [0.2, 0.25) is 0 Å². The molecule has 0 radical (unpaired) electrons. The molecule has 3 aliphatic heterocycles. The molecule has 5 rings (SSSR count). The van der Waals surface area contributed by atoms with Gasteiger partial charge in [0.25, 0.3) is 5.69 Å². The minimum absolute atomic E-state index is 0.171. The average Bonchev–Trinajstić information content (AvgIpc) is 3.27. The first-order valence-corrected chi connectivity index (χ1v) is 10.1. The molecule has 0 N–H and O–H groups in total. The summed E-state index contributed by atoms with van der Waals surface area (Å²) in [5, 5.41) is 17.1. The molecule has 0 bridgehead atoms. The first-order valence-electron chi connectivity index (χ1n) is 10.1. The molecule has 2 aromatic rings. The molecule has 3 heterocycles. The number of Topliss-reactive ketones (excluding diaryl/α,β-unsaturated/α-hetero) is 1. The third-order valence-electron chi connectivity index (χ3n) is 6.26. The number of carbonyl (C=O) groups is 3. The van der Waals surface area contributed by atoms with Crippen molar-refractivity contribution >= 4 is 35.2 Å². The highest BCUT2D eigenvalue weighted by atomic mass is 16.6. The highest BCUT2D eigenvalue weighted by molar-refractivity contribution is 6.25. The second-order valence-electron chi connectivity index (χ2n) is 7.99. The maximum Gasteiger partial charge on any atom is 0.271 e. The summed E-state index contributed by atoms with van der Waals surface area (Å²) in [4.78, 5) is 52.2. The lowest BCUT2D eigenvalue weighted by atomic mass is 9.86. The molecule has 2 amide bonds. The summed E-state index contributed by atoms with van der Waals surface area (Å²) in [7, 11) is 0. The van der Waals surface area contributed by atoms with Crippen molar-refractivity contribution in [2.45, 2.75) is 19.0 Å². The summed E-state index contributed by atoms with van der Waals surface area (Å²) >= 11 is 0. The van der Waals surface area contributed by atoms with Crippen LogP contribution >= 0.6 is 0 Å². The summed E-state index contributed by atoms with van der Waals surface area (Å²) in [5.41, 5.74) is 0.928. The molecule has 4 atom stereocenters. The van der Waals surface area contributed by atoms with Gasteiger partial charge in [0, 0.05) is 23.9 Å². The Morgan fingerprint density at radius 1 is 1.06 bits per heavy atom. The highest BCUT2D eigenvalue weighted by Crippen LogP contribution is 2.47. The standard InChI is InChI=1S/C23H18N4O5/c1-13-9-10-15(27(31)32)12-17(13)25-22(29)18-16-8-5-11-24-26(16)20(19(18)23(25)30)21(28)14-6-3-2-4-7-14/h2-12,16,18-20H,1H3. The predicted octanol–water partition coefficient (Wildman–Crippen LogP) is 2.50. The number of amides is 2. The molecule has 160 valence electrons. The number of nitro groups is 1. The van der Waals surface area contributed by atoms with E-state index in [1.54, 1.807) is 49.4 Å². The van der Waals surface area contributed by atoms with Crippen LogP contribution in [0.15, 0.2) is 65.8 Å². The number of allylic oxidation sites excluding steroid dienone is 1. The van der Waals surface area contributed by atoms with E-state index < -0.39 is 40.7 Å². The molecule has 2 saturated heterocycles. The van der Waals surface area contributed by atoms with E-state index in [1.807, 2.05) is 0 Å². The van der Waals surface area contributed by atoms with Crippen LogP contribution in [0, 0.1) is 28.9 Å². The number of imide groups is 1. The first-order chi connectivity index (χ1) is 15.4. The van der Waals surface area contributed by atoms with Gasteiger partial charge in [-0.25, -0.2) is 4.90 Å². The van der Waals surface area contributed by atoms with E-state index in [2.05, 4.69) is 5.10 Å². The zero-order valence-electron chi connectivity index (χ0n) is 17.0. The van der Waals surface area contributed by atoms with Crippen molar-refractivity contribution in [1.82, 2.24) is 5.01 Å². The van der Waals surface area contributed by atoms with Crippen molar-refractivity contribution in [2.24, 2.45) is 16.9 Å². The fourth-order valence-electron chi connectivity index (χ4n) is 4.80. The van der Waals surface area contributed by atoms with Crippen molar-refractivity contribution in [3.8, 4) is 0 Å². The van der Waals surface area contributed by atoms with E-state index in [-0.39, 0.29) is 17.2 Å². The number of ketones is 1. The van der Waals surface area contributed by atoms with E-state index in [1.165, 1.54) is 29.4 Å². The highest BCUT2D eigenvalue weighted by Gasteiger charge is 2.64. The fraction of sp³-hybridized carbons (Fsp3) is 0.217. The number of aryl methyl sites for hydroxylation is 1. The topological polar surface area (TPSA) is 113 Å². The second-order valence-corrected chi connectivity index (χ2v) is 7.99. The van der Waals surface area contributed by atoms with Crippen molar-refractivity contribution in [3.05, 3.63) is 81.9 Å². The first kappa shape index (κ1) is 19.8. The SMILES string of the molecule is Cc1ccc([N+](=O)[O-])cc1N1C(=O)C2C(C1=O)C(C(=O)c1ccccc1)N1N=CC=CC21. The van der Waals surface area contributed by atoms with Gasteiger partial charge < -0.3 is 0 Å². The van der Waals surface area contributed by atoms with E-state index in [0.29, 0.717) is 11.1 Å². The van der Waals surface area contributed by atoms with Crippen molar-refractivity contribution in [2.75, 3.05) is 4.90 Å². The van der Waals surface area contributed by atoms with Gasteiger partial charge in [0.1, 0.15) is 6.04 Å². The Morgan fingerprint density at radius 3 is 2.50 bits per heavy atom. The van der Waals surface area contributed by atoms with Gasteiger partial charge in [-0.1, -0.05) is 42.5 Å². The minimum Gasteiger partial charge on any atom is -0.292 e. The van der Waals surface area contributed by atoms with Gasteiger partial charge in [0.05, 0.1) is 28.5 Å². The Kier molecular flexibility index (Phi) is 4.47. The molecule has 3 aliphatic rings. The molecule has 0 aliphatic carbocycles. The molecular weight excluding hydrogens is 412 g/mol. The lowest BCUT2D eigenvalue weighted by Gasteiger charge is -2.30. The van der Waals surface area contributed by atoms with Gasteiger partial charge in [-0.2, -0.15) is 5.10 Å². The lowest BCUT2D eigenvalue weighted by Crippen LogP contribution is -2.46. The fourth-order valence-corrected chi connectivity index (χ4v) is 4.80. The molecule has 9 nitrogen and oxygen atoms in total. The molecule has 2 aromatic carbocycles. The van der Waals surface area contributed by atoms with Gasteiger partial charge in [-0.05, 0) is 18.6 Å². The molecule has 4 unspecified atom stereocenters. The van der Waals surface area contributed by atoms with Gasteiger partial charge in [-0.15, -0.1) is 0 Å². The maximum atomic E-state index is 13.6. The number of nitro benzene ring substituents is 1. The van der Waals surface area contributed by atoms with Crippen LogP contribution in [0.4, 0.5) is 11.4 Å². The van der Waals surface area contributed by atoms with Crippen molar-refractivity contribution < 1.29 is 19.3 Å². The van der Waals surface area contributed by atoms with Crippen LogP contribution in [-0.2, 0) is 9.59 Å². The summed E-state index contributed by atoms with van der Waals surface area (Å²) < 4.78 is 0. The second kappa shape index (κ2) is 7.23. The number of benzene rings is 2. The summed E-state index contributed by atoms with van der Waals surface area (Å²) in [6.45, 7) is 1.68. The zero-order valence-corrected chi connectivity index (χ0v) is 17.0. The quantitative estimate of drug-likeness (QED) is 0.319. The van der Waals surface area contributed by atoms with Crippen molar-refractivity contribution in [3.63, 3.8) is 0 Å². The smallest absolute Gasteiger partial charge is 0.271 e. The monoisotopic (exact) mass is 430 g/mol. The van der Waals surface area contributed by atoms with Gasteiger partial charge in [-0.3, -0.25) is 29.5 Å². The van der Waals surface area contributed by atoms with E-state index >= 15 is 0 Å². The summed E-state index contributed by atoms with van der Waals surface area (Å²) in [6, 6.07) is 11.1. The van der Waals surface area contributed by atoms with Crippen molar-refractivity contribution in [1.29, 1.82) is 0 Å². The lowest BCUT2D eigenvalue weighted by molar-refractivity contribution is -0.384. The number of hydrogen-bond donors (Lipinski definition) is 0. The predicted molar refractivity (Wildman–Crippen MR) is 115 cm³/mol. The zero-order chi connectivity index (χ0) is 22.6. The van der Waals surface area contributed by atoms with Gasteiger partial charge >= 0.3 is 0 Å². The van der Waals surface area contributed by atoms with Crippen LogP contribution < -0.4 is 4.90 Å². The Bertz CT molecular complexity index is 1220. The number of anilines is 1. The Labute approximate surface area is 182 Å². The molecule has 9 heteroatoms. The van der Waals surface area contributed by atoms with Gasteiger partial charge in [0.2, 0.25) is 11.8 Å². The number of hydrogen-bond acceptors (Lipinski definition) is 7. The molecule has 32 heavy (non-hydrogen) atoms. The summed E-state index contributed by atoms with van der Waals surface area (Å²) in [5.74, 6) is -3.08. The average molecular weight is 430 g/mol. The summed E-state index contributed by atoms with van der Waals surface area (Å²) in [6.07, 6.45) is 4.98. The Morgan fingerprint density at radius 2 is 1.78 bits per heavy atom. The van der Waals surface area contributed by atoms with Crippen LogP contribution in [0.1, 0.15) is 15.9 Å². The van der Waals surface area contributed by atoms with Crippen LogP contribution in [0.5, 0.6) is 0 Å². The Hall–Kier alpha value is -4.14.